The Morgan fingerprint density at radius 3 is 1.63 bits per heavy atom. The molecule has 0 aliphatic carbocycles. The van der Waals surface area contributed by atoms with E-state index in [1.165, 1.54) is 81.5 Å². The molecule has 112 valence electrons. The number of unbranched alkanes of at least 4 members (excludes halogenated alkanes) is 10. The lowest BCUT2D eigenvalue weighted by Gasteiger charge is -1.98. The van der Waals surface area contributed by atoms with E-state index in [1.807, 2.05) is 0 Å². The highest BCUT2D eigenvalue weighted by Gasteiger charge is 1.89. The van der Waals surface area contributed by atoms with Crippen molar-refractivity contribution in [3.8, 4) is 0 Å². The minimum atomic E-state index is 1.25. The molecule has 0 aromatic rings. The lowest BCUT2D eigenvalue weighted by molar-refractivity contribution is 0.614. The molecule has 0 spiro atoms. The summed E-state index contributed by atoms with van der Waals surface area (Å²) in [7, 11) is 0. The van der Waals surface area contributed by atoms with Gasteiger partial charge in [-0.3, -0.25) is 0 Å². The van der Waals surface area contributed by atoms with Crippen molar-refractivity contribution in [3.63, 3.8) is 0 Å². The van der Waals surface area contributed by atoms with Crippen LogP contribution in [-0.2, 0) is 0 Å². The Balaban J connectivity index is 3.14. The third kappa shape index (κ3) is 18.2. The van der Waals surface area contributed by atoms with Crippen LogP contribution in [-0.4, -0.2) is 4.43 Å². The second kappa shape index (κ2) is 18.2. The van der Waals surface area contributed by atoms with Gasteiger partial charge in [0.2, 0.25) is 0 Å². The number of alkyl halides is 1. The average molecular weight is 376 g/mol. The van der Waals surface area contributed by atoms with E-state index >= 15 is 0 Å². The van der Waals surface area contributed by atoms with Crippen LogP contribution in [0.5, 0.6) is 0 Å². The van der Waals surface area contributed by atoms with Crippen molar-refractivity contribution < 1.29 is 0 Å². The summed E-state index contributed by atoms with van der Waals surface area (Å²) in [5.41, 5.74) is 0. The van der Waals surface area contributed by atoms with Gasteiger partial charge in [0.1, 0.15) is 0 Å². The van der Waals surface area contributed by atoms with Crippen molar-refractivity contribution in [2.75, 3.05) is 4.43 Å². The molecule has 0 nitrogen and oxygen atoms in total. The van der Waals surface area contributed by atoms with E-state index in [2.05, 4.69) is 53.8 Å². The summed E-state index contributed by atoms with van der Waals surface area (Å²) in [6.45, 7) is 2.27. The molecule has 0 aliphatic heterocycles. The van der Waals surface area contributed by atoms with Gasteiger partial charge >= 0.3 is 0 Å². The van der Waals surface area contributed by atoms with Gasteiger partial charge in [0.05, 0.1) is 0 Å². The summed E-state index contributed by atoms with van der Waals surface area (Å²) in [5.74, 6) is 0. The normalized spacial score (nSPS) is 11.9. The van der Waals surface area contributed by atoms with Crippen LogP contribution in [0.25, 0.3) is 0 Å². The standard InChI is InChI=1S/C18H33I/c1-2-3-4-5-6-7-8-9-10-11-12-13-14-15-16-17-18-19/h7-10H,2-6,11-18H2,1H3. The summed E-state index contributed by atoms with van der Waals surface area (Å²) in [4.78, 5) is 0. The highest BCUT2D eigenvalue weighted by molar-refractivity contribution is 14.1. The largest absolute Gasteiger partial charge is 0.0864 e. The highest BCUT2D eigenvalue weighted by atomic mass is 127. The highest BCUT2D eigenvalue weighted by Crippen LogP contribution is 2.08. The Morgan fingerprint density at radius 1 is 0.632 bits per heavy atom. The summed E-state index contributed by atoms with van der Waals surface area (Å²) in [5, 5.41) is 0. The third-order valence-electron chi connectivity index (χ3n) is 3.36. The molecule has 0 heterocycles. The zero-order valence-corrected chi connectivity index (χ0v) is 15.0. The number of allylic oxidation sites excluding steroid dienone is 4. The van der Waals surface area contributed by atoms with Crippen LogP contribution in [0, 0.1) is 0 Å². The van der Waals surface area contributed by atoms with Crippen LogP contribution in [0.4, 0.5) is 0 Å². The Kier molecular flexibility index (Phi) is 18.4. The van der Waals surface area contributed by atoms with Crippen LogP contribution in [0.2, 0.25) is 0 Å². The van der Waals surface area contributed by atoms with Crippen LogP contribution >= 0.6 is 22.6 Å². The first-order valence-corrected chi connectivity index (χ1v) is 9.82. The van der Waals surface area contributed by atoms with Crippen LogP contribution in [0.3, 0.4) is 0 Å². The van der Waals surface area contributed by atoms with Gasteiger partial charge in [-0.15, -0.1) is 0 Å². The molecule has 0 aliphatic rings. The fraction of sp³-hybridized carbons (Fsp3) is 0.778. The van der Waals surface area contributed by atoms with E-state index in [9.17, 15) is 0 Å². The molecule has 0 aromatic heterocycles. The first-order valence-electron chi connectivity index (χ1n) is 8.29. The fourth-order valence-electron chi connectivity index (χ4n) is 2.10. The Hall–Kier alpha value is 0.210. The van der Waals surface area contributed by atoms with Crippen LogP contribution in [0.15, 0.2) is 24.3 Å². The fourth-order valence-corrected chi connectivity index (χ4v) is 2.64. The molecule has 0 saturated heterocycles. The molecular weight excluding hydrogens is 343 g/mol. The molecule has 1 heteroatoms. The smallest absolute Gasteiger partial charge is 0.000473 e. The lowest BCUT2D eigenvalue weighted by Crippen LogP contribution is -1.79. The summed E-state index contributed by atoms with van der Waals surface area (Å²) in [6.07, 6.45) is 25.6. The third-order valence-corrected chi connectivity index (χ3v) is 4.12. The maximum Gasteiger partial charge on any atom is -0.000473 e. The van der Waals surface area contributed by atoms with Gasteiger partial charge < -0.3 is 0 Å². The van der Waals surface area contributed by atoms with E-state index < -0.39 is 0 Å². The predicted octanol–water partition coefficient (Wildman–Crippen LogP) is 7.23. The van der Waals surface area contributed by atoms with Gasteiger partial charge in [-0.2, -0.15) is 0 Å². The maximum absolute atomic E-state index is 2.47. The molecular formula is C18H33I. The number of rotatable bonds is 14. The van der Waals surface area contributed by atoms with E-state index in [1.54, 1.807) is 0 Å². The van der Waals surface area contributed by atoms with Crippen LogP contribution < -0.4 is 0 Å². The van der Waals surface area contributed by atoms with Gasteiger partial charge in [0, 0.05) is 0 Å². The van der Waals surface area contributed by atoms with Gasteiger partial charge in [0.15, 0.2) is 0 Å². The second-order valence-corrected chi connectivity index (χ2v) is 6.38. The monoisotopic (exact) mass is 376 g/mol. The number of hydrogen-bond acceptors (Lipinski definition) is 0. The predicted molar refractivity (Wildman–Crippen MR) is 98.2 cm³/mol. The topological polar surface area (TPSA) is 0 Å². The minimum Gasteiger partial charge on any atom is -0.0864 e. The van der Waals surface area contributed by atoms with Crippen LogP contribution in [0.1, 0.15) is 84.0 Å². The van der Waals surface area contributed by atoms with Crippen molar-refractivity contribution in [2.45, 2.75) is 84.0 Å². The van der Waals surface area contributed by atoms with Crippen molar-refractivity contribution in [3.05, 3.63) is 24.3 Å². The molecule has 0 unspecified atom stereocenters. The van der Waals surface area contributed by atoms with Crippen molar-refractivity contribution in [1.82, 2.24) is 0 Å². The zero-order chi connectivity index (χ0) is 14.0. The maximum atomic E-state index is 2.47. The molecule has 0 amide bonds. The summed E-state index contributed by atoms with van der Waals surface area (Å²) >= 11 is 2.47. The first-order chi connectivity index (χ1) is 9.41. The van der Waals surface area contributed by atoms with Gasteiger partial charge in [-0.1, -0.05) is 98.8 Å². The van der Waals surface area contributed by atoms with E-state index in [4.69, 9.17) is 0 Å². The molecule has 0 N–H and O–H groups in total. The summed E-state index contributed by atoms with van der Waals surface area (Å²) in [6, 6.07) is 0. The molecule has 0 bridgehead atoms. The molecule has 0 atom stereocenters. The first kappa shape index (κ1) is 19.2. The van der Waals surface area contributed by atoms with Crippen molar-refractivity contribution in [1.29, 1.82) is 0 Å². The molecule has 0 rings (SSSR count). The second-order valence-electron chi connectivity index (χ2n) is 5.30. The number of hydrogen-bond donors (Lipinski definition) is 0. The van der Waals surface area contributed by atoms with Gasteiger partial charge in [-0.05, 0) is 36.5 Å². The van der Waals surface area contributed by atoms with E-state index in [0.29, 0.717) is 0 Å². The van der Waals surface area contributed by atoms with Crippen molar-refractivity contribution in [2.24, 2.45) is 0 Å². The lowest BCUT2D eigenvalue weighted by atomic mass is 10.1. The SMILES string of the molecule is CCCCCCC=CC=CCCCCCCCCI. The summed E-state index contributed by atoms with van der Waals surface area (Å²) < 4.78 is 1.32. The van der Waals surface area contributed by atoms with Gasteiger partial charge in [-0.25, -0.2) is 0 Å². The molecule has 0 saturated carbocycles. The zero-order valence-electron chi connectivity index (χ0n) is 12.9. The quantitative estimate of drug-likeness (QED) is 0.130. The Labute approximate surface area is 135 Å². The average Bonchev–Trinajstić information content (AvgIpc) is 2.43. The minimum absolute atomic E-state index is 1.25. The Morgan fingerprint density at radius 2 is 1.11 bits per heavy atom. The van der Waals surface area contributed by atoms with Gasteiger partial charge in [0.25, 0.3) is 0 Å². The molecule has 19 heavy (non-hydrogen) atoms. The molecule has 0 radical (unpaired) electrons. The Bertz CT molecular complexity index is 206. The van der Waals surface area contributed by atoms with E-state index in [-0.39, 0.29) is 0 Å². The number of halogens is 1. The van der Waals surface area contributed by atoms with Crippen molar-refractivity contribution >= 4 is 22.6 Å². The molecule has 0 fully saturated rings. The molecule has 0 aromatic carbocycles. The van der Waals surface area contributed by atoms with E-state index in [0.717, 1.165) is 0 Å².